The van der Waals surface area contributed by atoms with E-state index >= 15 is 0 Å². The monoisotopic (exact) mass is 378 g/mol. The second-order valence-corrected chi connectivity index (χ2v) is 6.96. The molecule has 1 aromatic carbocycles. The number of halogens is 1. The smallest absolute Gasteiger partial charge is 0.190 e. The van der Waals surface area contributed by atoms with Gasteiger partial charge in [0.25, 0.3) is 0 Å². The third kappa shape index (κ3) is 7.39. The van der Waals surface area contributed by atoms with Crippen molar-refractivity contribution in [3.63, 3.8) is 0 Å². The van der Waals surface area contributed by atoms with Crippen LogP contribution in [0.25, 0.3) is 0 Å². The first kappa shape index (κ1) is 20.2. The largest absolute Gasteiger partial charge is 0.494 e. The van der Waals surface area contributed by atoms with Gasteiger partial charge >= 0.3 is 0 Å². The number of guanidine groups is 1. The molecule has 26 heavy (non-hydrogen) atoms. The molecule has 0 amide bonds. The van der Waals surface area contributed by atoms with Gasteiger partial charge in [0, 0.05) is 37.6 Å². The number of thiazole rings is 1. The van der Waals surface area contributed by atoms with E-state index in [0.29, 0.717) is 12.4 Å². The predicted octanol–water partition coefficient (Wildman–Crippen LogP) is 3.41. The molecule has 0 unspecified atom stereocenters. The molecule has 0 radical (unpaired) electrons. The normalized spacial score (nSPS) is 11.4. The van der Waals surface area contributed by atoms with E-state index in [-0.39, 0.29) is 5.82 Å². The summed E-state index contributed by atoms with van der Waals surface area (Å²) in [4.78, 5) is 9.97. The van der Waals surface area contributed by atoms with Crippen molar-refractivity contribution in [3.05, 3.63) is 46.2 Å². The van der Waals surface area contributed by atoms with E-state index in [1.807, 2.05) is 6.20 Å². The molecular formula is C19H27FN4OS. The topological polar surface area (TPSA) is 58.5 Å². The van der Waals surface area contributed by atoms with Crippen molar-refractivity contribution in [1.29, 1.82) is 0 Å². The number of nitrogens with one attached hydrogen (secondary N) is 2. The molecule has 0 atom stereocenters. The van der Waals surface area contributed by atoms with Crippen molar-refractivity contribution in [2.75, 3.05) is 26.7 Å². The van der Waals surface area contributed by atoms with E-state index < -0.39 is 0 Å². The molecule has 0 aliphatic carbocycles. The van der Waals surface area contributed by atoms with Crippen LogP contribution in [0.1, 0.15) is 29.7 Å². The van der Waals surface area contributed by atoms with Crippen LogP contribution in [-0.4, -0.2) is 37.7 Å². The van der Waals surface area contributed by atoms with Crippen LogP contribution in [0.15, 0.2) is 35.5 Å². The number of rotatable bonds is 10. The van der Waals surface area contributed by atoms with Crippen LogP contribution in [0.4, 0.5) is 4.39 Å². The molecule has 5 nitrogen and oxygen atoms in total. The highest BCUT2D eigenvalue weighted by atomic mass is 32.1. The molecule has 142 valence electrons. The lowest BCUT2D eigenvalue weighted by molar-refractivity contribution is 0.306. The second kappa shape index (κ2) is 11.5. The quantitative estimate of drug-likeness (QED) is 0.378. The Labute approximate surface area is 158 Å². The van der Waals surface area contributed by atoms with Crippen LogP contribution in [0, 0.1) is 5.82 Å². The van der Waals surface area contributed by atoms with E-state index in [0.717, 1.165) is 49.7 Å². The summed E-state index contributed by atoms with van der Waals surface area (Å²) < 4.78 is 18.4. The average Bonchev–Trinajstić information content (AvgIpc) is 3.12. The van der Waals surface area contributed by atoms with Crippen LogP contribution in [0.5, 0.6) is 5.75 Å². The lowest BCUT2D eigenvalue weighted by atomic mass is 10.3. The maximum Gasteiger partial charge on any atom is 0.190 e. The Morgan fingerprint density at radius 1 is 1.19 bits per heavy atom. The van der Waals surface area contributed by atoms with E-state index in [1.54, 1.807) is 30.5 Å². The number of benzene rings is 1. The van der Waals surface area contributed by atoms with Gasteiger partial charge in [-0.25, -0.2) is 9.37 Å². The highest BCUT2D eigenvalue weighted by Crippen LogP contribution is 2.13. The van der Waals surface area contributed by atoms with E-state index in [2.05, 4.69) is 27.5 Å². The lowest BCUT2D eigenvalue weighted by Gasteiger charge is -2.11. The van der Waals surface area contributed by atoms with Crippen molar-refractivity contribution >= 4 is 17.3 Å². The fourth-order valence-corrected chi connectivity index (χ4v) is 3.15. The molecule has 0 aliphatic heterocycles. The summed E-state index contributed by atoms with van der Waals surface area (Å²) >= 11 is 1.77. The maximum atomic E-state index is 12.8. The zero-order chi connectivity index (χ0) is 18.6. The van der Waals surface area contributed by atoms with Gasteiger partial charge in [0.05, 0.1) is 11.6 Å². The summed E-state index contributed by atoms with van der Waals surface area (Å²) in [6.45, 7) is 4.39. The molecule has 2 rings (SSSR count). The Balaban J connectivity index is 1.53. The molecule has 1 aromatic heterocycles. The zero-order valence-electron chi connectivity index (χ0n) is 15.4. The van der Waals surface area contributed by atoms with Gasteiger partial charge in [-0.05, 0) is 43.5 Å². The molecule has 0 fully saturated rings. The molecule has 2 aromatic rings. The fraction of sp³-hybridized carbons (Fsp3) is 0.474. The van der Waals surface area contributed by atoms with Crippen molar-refractivity contribution in [2.24, 2.45) is 4.99 Å². The van der Waals surface area contributed by atoms with Crippen LogP contribution in [-0.2, 0) is 12.8 Å². The van der Waals surface area contributed by atoms with Crippen molar-refractivity contribution in [2.45, 2.75) is 32.6 Å². The first-order valence-corrected chi connectivity index (χ1v) is 9.79. The predicted molar refractivity (Wildman–Crippen MR) is 106 cm³/mol. The molecule has 0 saturated carbocycles. The number of unbranched alkanes of at least 4 members (excludes halogenated alkanes) is 1. The summed E-state index contributed by atoms with van der Waals surface area (Å²) in [6, 6.07) is 6.10. The first-order chi connectivity index (χ1) is 12.7. The highest BCUT2D eigenvalue weighted by molar-refractivity contribution is 7.11. The molecule has 1 heterocycles. The minimum Gasteiger partial charge on any atom is -0.494 e. The summed E-state index contributed by atoms with van der Waals surface area (Å²) in [6.07, 6.45) is 5.78. The third-order valence-electron chi connectivity index (χ3n) is 3.75. The van der Waals surface area contributed by atoms with Gasteiger partial charge in [0.2, 0.25) is 0 Å². The first-order valence-electron chi connectivity index (χ1n) is 8.97. The average molecular weight is 379 g/mol. The fourth-order valence-electron chi connectivity index (χ4n) is 2.29. The number of aliphatic imine (C=N–C) groups is 1. The Morgan fingerprint density at radius 3 is 2.65 bits per heavy atom. The number of hydrogen-bond donors (Lipinski definition) is 2. The number of nitrogens with zero attached hydrogens (tertiary/aromatic N) is 2. The van der Waals surface area contributed by atoms with Crippen LogP contribution in [0.2, 0.25) is 0 Å². The van der Waals surface area contributed by atoms with Crippen LogP contribution in [0.3, 0.4) is 0 Å². The van der Waals surface area contributed by atoms with Gasteiger partial charge in [-0.2, -0.15) is 0 Å². The third-order valence-corrected chi connectivity index (χ3v) is 4.95. The minimum atomic E-state index is -0.249. The summed E-state index contributed by atoms with van der Waals surface area (Å²) in [5.74, 6) is 1.25. The van der Waals surface area contributed by atoms with E-state index in [1.165, 1.54) is 17.0 Å². The number of hydrogen-bond acceptors (Lipinski definition) is 4. The van der Waals surface area contributed by atoms with Crippen molar-refractivity contribution in [3.8, 4) is 5.75 Å². The lowest BCUT2D eigenvalue weighted by Crippen LogP contribution is -2.38. The zero-order valence-corrected chi connectivity index (χ0v) is 16.2. The highest BCUT2D eigenvalue weighted by Gasteiger charge is 2.02. The van der Waals surface area contributed by atoms with Gasteiger partial charge in [0.1, 0.15) is 11.6 Å². The minimum absolute atomic E-state index is 0.249. The van der Waals surface area contributed by atoms with Gasteiger partial charge in [0.15, 0.2) is 5.96 Å². The molecule has 0 aliphatic rings. The van der Waals surface area contributed by atoms with Crippen LogP contribution >= 0.6 is 11.3 Å². The van der Waals surface area contributed by atoms with Crippen molar-refractivity contribution < 1.29 is 9.13 Å². The Bertz CT molecular complexity index is 672. The Morgan fingerprint density at radius 2 is 1.96 bits per heavy atom. The molecule has 0 bridgehead atoms. The second-order valence-electron chi connectivity index (χ2n) is 5.76. The van der Waals surface area contributed by atoms with E-state index in [9.17, 15) is 4.39 Å². The number of aromatic nitrogens is 1. The Hall–Kier alpha value is -2.15. The molecular weight excluding hydrogens is 351 g/mol. The molecule has 0 spiro atoms. The van der Waals surface area contributed by atoms with Gasteiger partial charge in [-0.1, -0.05) is 6.92 Å². The summed E-state index contributed by atoms with van der Waals surface area (Å²) in [5, 5.41) is 7.76. The van der Waals surface area contributed by atoms with Gasteiger partial charge in [-0.3, -0.25) is 4.99 Å². The van der Waals surface area contributed by atoms with Crippen molar-refractivity contribution in [1.82, 2.24) is 15.6 Å². The van der Waals surface area contributed by atoms with Gasteiger partial charge in [-0.15, -0.1) is 11.3 Å². The molecule has 0 saturated heterocycles. The number of ether oxygens (including phenoxy) is 1. The van der Waals surface area contributed by atoms with E-state index in [4.69, 9.17) is 4.74 Å². The standard InChI is InChI=1S/C19H27FN4OS/c1-3-17-14-24-18(26-17)10-12-23-19(21-2)22-11-4-5-13-25-16-8-6-15(20)7-9-16/h6-9,14H,3-5,10-13H2,1-2H3,(H2,21,22,23). The summed E-state index contributed by atoms with van der Waals surface area (Å²) in [7, 11) is 1.77. The summed E-state index contributed by atoms with van der Waals surface area (Å²) in [5.41, 5.74) is 0. The molecule has 2 N–H and O–H groups in total. The maximum absolute atomic E-state index is 12.8. The van der Waals surface area contributed by atoms with Crippen LogP contribution < -0.4 is 15.4 Å². The molecule has 7 heteroatoms. The van der Waals surface area contributed by atoms with Gasteiger partial charge < -0.3 is 15.4 Å². The Kier molecular flexibility index (Phi) is 8.89. The number of aryl methyl sites for hydroxylation is 1. The SMILES string of the molecule is CCc1cnc(CCNC(=NC)NCCCCOc2ccc(F)cc2)s1.